The Morgan fingerprint density at radius 3 is 1.95 bits per heavy atom. The first-order chi connectivity index (χ1) is 18.8. The van der Waals surface area contributed by atoms with Crippen LogP contribution < -0.4 is 4.72 Å². The second-order valence-corrected chi connectivity index (χ2v) is 10.4. The smallest absolute Gasteiger partial charge is 0.269 e. The number of benzene rings is 4. The third-order valence-electron chi connectivity index (χ3n) is 6.15. The summed E-state index contributed by atoms with van der Waals surface area (Å²) in [4.78, 5) is 22.2. The number of amides is 1. The highest BCUT2D eigenvalue weighted by atomic mass is 32.2. The molecule has 0 radical (unpaired) electrons. The second-order valence-electron chi connectivity index (χ2n) is 8.67. The van der Waals surface area contributed by atoms with Crippen LogP contribution >= 0.6 is 0 Å². The monoisotopic (exact) mass is 538 g/mol. The van der Waals surface area contributed by atoms with Gasteiger partial charge in [0.05, 0.1) is 9.82 Å². The normalized spacial score (nSPS) is 12.7. The molecule has 0 saturated heterocycles. The Kier molecular flexibility index (Phi) is 8.48. The molecule has 4 aromatic carbocycles. The maximum absolute atomic E-state index is 12.5. The van der Waals surface area contributed by atoms with Gasteiger partial charge in [-0.3, -0.25) is 14.9 Å². The molecule has 1 amide bonds. The molecule has 1 unspecified atom stereocenters. The van der Waals surface area contributed by atoms with Crippen molar-refractivity contribution in [1.29, 1.82) is 0 Å². The molecule has 0 aliphatic heterocycles. The Morgan fingerprint density at radius 1 is 0.821 bits per heavy atom. The summed E-state index contributed by atoms with van der Waals surface area (Å²) in [5.41, 5.74) is 4.98. The minimum Gasteiger partial charge on any atom is -0.269 e. The van der Waals surface area contributed by atoms with Crippen LogP contribution in [-0.4, -0.2) is 19.2 Å². The zero-order chi connectivity index (χ0) is 27.8. The maximum atomic E-state index is 12.5. The van der Waals surface area contributed by atoms with E-state index in [9.17, 15) is 23.3 Å². The fourth-order valence-corrected chi connectivity index (χ4v) is 5.22. The van der Waals surface area contributed by atoms with Crippen LogP contribution in [0.4, 0.5) is 5.69 Å². The van der Waals surface area contributed by atoms with Crippen molar-refractivity contribution in [1.82, 2.24) is 4.72 Å². The highest BCUT2D eigenvalue weighted by Gasteiger charge is 2.20. The summed E-state index contributed by atoms with van der Waals surface area (Å²) in [6.45, 7) is 2.03. The van der Waals surface area contributed by atoms with E-state index in [1.807, 2.05) is 72.3 Å². The van der Waals surface area contributed by atoms with Crippen LogP contribution in [0.25, 0.3) is 11.6 Å². The van der Waals surface area contributed by atoms with Crippen molar-refractivity contribution in [2.75, 3.05) is 0 Å². The SMILES string of the molecule is CC=C(c1ccccc1)C(c1ccccc1)c1ccc(C=CC(=O)NS(=O)(=O)c2ccc([N+](=O)[O-])cc2)cc1. The van der Waals surface area contributed by atoms with Crippen LogP contribution in [0.1, 0.15) is 35.1 Å². The molecule has 0 spiro atoms. The number of nitro groups is 1. The molecule has 0 aliphatic carbocycles. The van der Waals surface area contributed by atoms with Crippen LogP contribution in [0.2, 0.25) is 0 Å². The molecule has 7 nitrogen and oxygen atoms in total. The number of non-ortho nitro benzene ring substituents is 1. The third kappa shape index (κ3) is 6.74. The second kappa shape index (κ2) is 12.1. The van der Waals surface area contributed by atoms with Crippen molar-refractivity contribution in [2.24, 2.45) is 0 Å². The van der Waals surface area contributed by atoms with Crippen LogP contribution in [0.15, 0.2) is 126 Å². The van der Waals surface area contributed by atoms with E-state index in [2.05, 4.69) is 30.3 Å². The zero-order valence-electron chi connectivity index (χ0n) is 21.1. The van der Waals surface area contributed by atoms with Gasteiger partial charge >= 0.3 is 0 Å². The van der Waals surface area contributed by atoms with Gasteiger partial charge in [0, 0.05) is 24.1 Å². The predicted octanol–water partition coefficient (Wildman–Crippen LogP) is 6.35. The summed E-state index contributed by atoms with van der Waals surface area (Å²) in [6, 6.07) is 32.4. The third-order valence-corrected chi connectivity index (χ3v) is 7.51. The number of allylic oxidation sites excluding steroid dienone is 2. The van der Waals surface area contributed by atoms with E-state index in [-0.39, 0.29) is 16.5 Å². The number of carbonyl (C=O) groups is 1. The molecular weight excluding hydrogens is 512 g/mol. The number of nitro benzene ring substituents is 1. The van der Waals surface area contributed by atoms with E-state index in [0.29, 0.717) is 0 Å². The lowest BCUT2D eigenvalue weighted by Gasteiger charge is -2.22. The van der Waals surface area contributed by atoms with Crippen LogP contribution in [0.5, 0.6) is 0 Å². The van der Waals surface area contributed by atoms with Crippen molar-refractivity contribution < 1.29 is 18.1 Å². The topological polar surface area (TPSA) is 106 Å². The lowest BCUT2D eigenvalue weighted by Crippen LogP contribution is -2.28. The van der Waals surface area contributed by atoms with Crippen LogP contribution in [0, 0.1) is 10.1 Å². The van der Waals surface area contributed by atoms with Crippen molar-refractivity contribution in [2.45, 2.75) is 17.7 Å². The molecule has 1 N–H and O–H groups in total. The van der Waals surface area contributed by atoms with Crippen molar-refractivity contribution in [3.8, 4) is 0 Å². The van der Waals surface area contributed by atoms with E-state index in [1.54, 1.807) is 0 Å². The number of nitrogens with one attached hydrogen (secondary N) is 1. The summed E-state index contributed by atoms with van der Waals surface area (Å²) in [7, 11) is -4.17. The maximum Gasteiger partial charge on any atom is 0.269 e. The number of nitrogens with zero attached hydrogens (tertiary/aromatic N) is 1. The molecule has 0 aromatic heterocycles. The first kappa shape index (κ1) is 27.2. The Bertz CT molecular complexity index is 1610. The van der Waals surface area contributed by atoms with E-state index in [0.717, 1.165) is 52.6 Å². The minimum atomic E-state index is -4.17. The quantitative estimate of drug-likeness (QED) is 0.152. The van der Waals surface area contributed by atoms with Gasteiger partial charge in [-0.2, -0.15) is 0 Å². The molecule has 0 fully saturated rings. The van der Waals surface area contributed by atoms with Gasteiger partial charge in [0.2, 0.25) is 0 Å². The highest BCUT2D eigenvalue weighted by molar-refractivity contribution is 7.90. The summed E-state index contributed by atoms with van der Waals surface area (Å²) < 4.78 is 26.9. The van der Waals surface area contributed by atoms with Crippen LogP contribution in [-0.2, 0) is 14.8 Å². The van der Waals surface area contributed by atoms with E-state index in [1.165, 1.54) is 11.6 Å². The highest BCUT2D eigenvalue weighted by Crippen LogP contribution is 2.37. The van der Waals surface area contributed by atoms with Crippen molar-refractivity contribution in [3.63, 3.8) is 0 Å². The van der Waals surface area contributed by atoms with Gasteiger partial charge in [-0.1, -0.05) is 91.0 Å². The van der Waals surface area contributed by atoms with Gasteiger partial charge in [-0.25, -0.2) is 13.1 Å². The van der Waals surface area contributed by atoms with Gasteiger partial charge in [0.1, 0.15) is 0 Å². The number of rotatable bonds is 9. The number of hydrogen-bond acceptors (Lipinski definition) is 5. The Labute approximate surface area is 227 Å². The average Bonchev–Trinajstić information content (AvgIpc) is 2.96. The Hall–Kier alpha value is -4.82. The first-order valence-corrected chi connectivity index (χ1v) is 13.6. The number of hydrogen-bond donors (Lipinski definition) is 1. The Balaban J connectivity index is 1.52. The first-order valence-electron chi connectivity index (χ1n) is 12.1. The van der Waals surface area contributed by atoms with Gasteiger partial charge in [0.25, 0.3) is 21.6 Å². The van der Waals surface area contributed by atoms with E-state index < -0.39 is 20.9 Å². The molecule has 196 valence electrons. The number of carbonyl (C=O) groups excluding carboxylic acids is 1. The molecule has 8 heteroatoms. The lowest BCUT2D eigenvalue weighted by atomic mass is 9.81. The summed E-state index contributed by atoms with van der Waals surface area (Å²) in [6.07, 6.45) is 4.78. The molecule has 1 atom stereocenters. The Morgan fingerprint density at radius 2 is 1.38 bits per heavy atom. The molecular formula is C31H26N2O5S. The zero-order valence-corrected chi connectivity index (χ0v) is 21.9. The van der Waals surface area contributed by atoms with Gasteiger partial charge < -0.3 is 0 Å². The van der Waals surface area contributed by atoms with Gasteiger partial charge in [0.15, 0.2) is 0 Å². The van der Waals surface area contributed by atoms with Crippen molar-refractivity contribution in [3.05, 3.63) is 154 Å². The van der Waals surface area contributed by atoms with Crippen LogP contribution in [0.3, 0.4) is 0 Å². The summed E-state index contributed by atoms with van der Waals surface area (Å²) in [5, 5.41) is 10.8. The standard InChI is InChI=1S/C31H26N2O5S/c1-2-29(24-9-5-3-6-10-24)31(25-11-7-4-8-12-25)26-16-13-23(14-17-26)15-22-30(34)32-39(37,38)28-20-18-27(19-21-28)33(35)36/h2-22,31H,1H3,(H,32,34). The molecule has 0 saturated carbocycles. The molecule has 4 rings (SSSR count). The van der Waals surface area contributed by atoms with E-state index in [4.69, 9.17) is 0 Å². The largest absolute Gasteiger partial charge is 0.269 e. The number of sulfonamides is 1. The molecule has 0 bridgehead atoms. The average molecular weight is 539 g/mol. The predicted molar refractivity (Wildman–Crippen MR) is 152 cm³/mol. The lowest BCUT2D eigenvalue weighted by molar-refractivity contribution is -0.384. The molecule has 0 aliphatic rings. The van der Waals surface area contributed by atoms with Gasteiger partial charge in [-0.05, 0) is 53.0 Å². The molecule has 0 heterocycles. The molecule has 39 heavy (non-hydrogen) atoms. The van der Waals surface area contributed by atoms with Crippen molar-refractivity contribution >= 4 is 33.3 Å². The fourth-order valence-electron chi connectivity index (χ4n) is 4.27. The summed E-state index contributed by atoms with van der Waals surface area (Å²) in [5.74, 6) is -0.841. The fraction of sp³-hybridized carbons (Fsp3) is 0.0645. The van der Waals surface area contributed by atoms with E-state index >= 15 is 0 Å². The molecule has 4 aromatic rings. The van der Waals surface area contributed by atoms with Gasteiger partial charge in [-0.15, -0.1) is 0 Å². The summed E-state index contributed by atoms with van der Waals surface area (Å²) >= 11 is 0. The minimum absolute atomic E-state index is 0.00762.